The highest BCUT2D eigenvalue weighted by Crippen LogP contribution is 2.20. The van der Waals surface area contributed by atoms with Crippen molar-refractivity contribution in [2.24, 2.45) is 5.92 Å². The molecule has 7 heteroatoms. The lowest BCUT2D eigenvalue weighted by Gasteiger charge is -2.32. The van der Waals surface area contributed by atoms with Crippen LogP contribution in [0.25, 0.3) is 0 Å². The Bertz CT molecular complexity index is 686. The Kier molecular flexibility index (Phi) is 6.72. The SMILES string of the molecule is O=C(NCCC(=O)N1CCCC1)C1CCCN(C(=O)c2ccc(Cl)cc2)C1. The average Bonchev–Trinajstić information content (AvgIpc) is 3.23. The second-order valence-corrected chi connectivity index (χ2v) is 7.66. The molecular weight excluding hydrogens is 366 g/mol. The number of carbonyl (C=O) groups is 3. The molecule has 2 saturated heterocycles. The lowest BCUT2D eigenvalue weighted by Crippen LogP contribution is -2.46. The summed E-state index contributed by atoms with van der Waals surface area (Å²) in [5.74, 6) is -0.265. The maximum atomic E-state index is 12.6. The van der Waals surface area contributed by atoms with Gasteiger partial charge >= 0.3 is 0 Å². The van der Waals surface area contributed by atoms with Crippen LogP contribution in [0.4, 0.5) is 0 Å². The van der Waals surface area contributed by atoms with E-state index >= 15 is 0 Å². The number of hydrogen-bond donors (Lipinski definition) is 1. The number of halogens is 1. The van der Waals surface area contributed by atoms with Gasteiger partial charge in [0.25, 0.3) is 5.91 Å². The summed E-state index contributed by atoms with van der Waals surface area (Å²) >= 11 is 5.87. The van der Waals surface area contributed by atoms with Gasteiger partial charge in [-0.2, -0.15) is 0 Å². The molecule has 146 valence electrons. The van der Waals surface area contributed by atoms with Crippen molar-refractivity contribution in [2.75, 3.05) is 32.7 Å². The maximum absolute atomic E-state index is 12.6. The van der Waals surface area contributed by atoms with Gasteiger partial charge in [-0.15, -0.1) is 0 Å². The van der Waals surface area contributed by atoms with Gasteiger partial charge < -0.3 is 15.1 Å². The van der Waals surface area contributed by atoms with E-state index < -0.39 is 0 Å². The van der Waals surface area contributed by atoms with E-state index in [-0.39, 0.29) is 23.6 Å². The molecule has 0 saturated carbocycles. The number of benzene rings is 1. The third-order valence-corrected chi connectivity index (χ3v) is 5.52. The van der Waals surface area contributed by atoms with Crippen molar-refractivity contribution in [1.29, 1.82) is 0 Å². The van der Waals surface area contributed by atoms with Crippen molar-refractivity contribution in [1.82, 2.24) is 15.1 Å². The predicted octanol–water partition coefficient (Wildman–Crippen LogP) is 2.32. The standard InChI is InChI=1S/C20H26ClN3O3/c21-17-7-5-15(6-8-17)20(27)24-13-3-4-16(14-24)19(26)22-10-9-18(25)23-11-1-2-12-23/h5-8,16H,1-4,9-14H2,(H,22,26). The van der Waals surface area contributed by atoms with Crippen molar-refractivity contribution in [3.63, 3.8) is 0 Å². The van der Waals surface area contributed by atoms with Crippen LogP contribution in [0.3, 0.4) is 0 Å². The molecule has 1 aromatic carbocycles. The number of carbonyl (C=O) groups excluding carboxylic acids is 3. The lowest BCUT2D eigenvalue weighted by atomic mass is 9.96. The molecule has 3 amide bonds. The summed E-state index contributed by atoms with van der Waals surface area (Å²) in [7, 11) is 0. The molecule has 2 aliphatic heterocycles. The summed E-state index contributed by atoms with van der Waals surface area (Å²) in [5, 5.41) is 3.46. The van der Waals surface area contributed by atoms with E-state index in [1.165, 1.54) is 0 Å². The fourth-order valence-electron chi connectivity index (χ4n) is 3.71. The minimum absolute atomic E-state index is 0.0715. The van der Waals surface area contributed by atoms with Crippen LogP contribution < -0.4 is 5.32 Å². The largest absolute Gasteiger partial charge is 0.355 e. The van der Waals surface area contributed by atoms with Crippen molar-refractivity contribution < 1.29 is 14.4 Å². The Morgan fingerprint density at radius 3 is 2.37 bits per heavy atom. The van der Waals surface area contributed by atoms with Crippen LogP contribution in [0.5, 0.6) is 0 Å². The number of amides is 3. The Labute approximate surface area is 164 Å². The van der Waals surface area contributed by atoms with Crippen LogP contribution in [0.1, 0.15) is 42.5 Å². The molecule has 0 bridgehead atoms. The molecule has 2 fully saturated rings. The van der Waals surface area contributed by atoms with Gasteiger partial charge in [-0.25, -0.2) is 0 Å². The topological polar surface area (TPSA) is 69.7 Å². The Morgan fingerprint density at radius 1 is 1.00 bits per heavy atom. The Hall–Kier alpha value is -2.08. The van der Waals surface area contributed by atoms with Crippen molar-refractivity contribution >= 4 is 29.3 Å². The second kappa shape index (κ2) is 9.22. The number of likely N-dealkylation sites (tertiary alicyclic amines) is 2. The first-order valence-electron chi connectivity index (χ1n) is 9.65. The number of nitrogens with zero attached hydrogens (tertiary/aromatic N) is 2. The van der Waals surface area contributed by atoms with Gasteiger partial charge in [0.1, 0.15) is 0 Å². The number of piperidine rings is 1. The van der Waals surface area contributed by atoms with E-state index in [1.54, 1.807) is 29.2 Å². The average molecular weight is 392 g/mol. The van der Waals surface area contributed by atoms with Crippen LogP contribution >= 0.6 is 11.6 Å². The lowest BCUT2D eigenvalue weighted by molar-refractivity contribution is -0.130. The van der Waals surface area contributed by atoms with E-state index in [0.29, 0.717) is 36.6 Å². The predicted molar refractivity (Wildman–Crippen MR) is 104 cm³/mol. The van der Waals surface area contributed by atoms with Gasteiger partial charge in [0, 0.05) is 49.7 Å². The molecule has 27 heavy (non-hydrogen) atoms. The van der Waals surface area contributed by atoms with Gasteiger partial charge in [-0.3, -0.25) is 14.4 Å². The van der Waals surface area contributed by atoms with E-state index in [4.69, 9.17) is 11.6 Å². The minimum atomic E-state index is -0.225. The highest BCUT2D eigenvalue weighted by molar-refractivity contribution is 6.30. The third kappa shape index (κ3) is 5.22. The molecule has 0 spiro atoms. The van der Waals surface area contributed by atoms with Crippen molar-refractivity contribution in [2.45, 2.75) is 32.1 Å². The van der Waals surface area contributed by atoms with Gasteiger partial charge in [0.15, 0.2) is 0 Å². The number of nitrogens with one attached hydrogen (secondary N) is 1. The Balaban J connectivity index is 1.46. The number of rotatable bonds is 5. The zero-order valence-corrected chi connectivity index (χ0v) is 16.2. The van der Waals surface area contributed by atoms with Crippen LogP contribution in [0, 0.1) is 5.92 Å². The quantitative estimate of drug-likeness (QED) is 0.837. The second-order valence-electron chi connectivity index (χ2n) is 7.23. The summed E-state index contributed by atoms with van der Waals surface area (Å²) in [5.41, 5.74) is 0.580. The van der Waals surface area contributed by atoms with E-state index in [1.807, 2.05) is 4.90 Å². The zero-order valence-electron chi connectivity index (χ0n) is 15.5. The summed E-state index contributed by atoms with van der Waals surface area (Å²) < 4.78 is 0. The smallest absolute Gasteiger partial charge is 0.253 e. The first-order valence-corrected chi connectivity index (χ1v) is 10.0. The molecular formula is C20H26ClN3O3. The first kappa shape index (κ1) is 19.7. The number of hydrogen-bond acceptors (Lipinski definition) is 3. The minimum Gasteiger partial charge on any atom is -0.355 e. The molecule has 3 rings (SSSR count). The van der Waals surface area contributed by atoms with Gasteiger partial charge in [0.2, 0.25) is 11.8 Å². The fourth-order valence-corrected chi connectivity index (χ4v) is 3.84. The van der Waals surface area contributed by atoms with Crippen LogP contribution in [-0.4, -0.2) is 60.2 Å². The van der Waals surface area contributed by atoms with Crippen molar-refractivity contribution in [3.05, 3.63) is 34.9 Å². The summed E-state index contributed by atoms with van der Waals surface area (Å²) in [6.45, 7) is 3.08. The van der Waals surface area contributed by atoms with Gasteiger partial charge in [-0.1, -0.05) is 11.6 Å². The summed E-state index contributed by atoms with van der Waals surface area (Å²) in [6.07, 6.45) is 4.03. The molecule has 1 N–H and O–H groups in total. The van der Waals surface area contributed by atoms with E-state index in [9.17, 15) is 14.4 Å². The molecule has 1 atom stereocenters. The molecule has 2 heterocycles. The molecule has 0 radical (unpaired) electrons. The van der Waals surface area contributed by atoms with Crippen LogP contribution in [0.2, 0.25) is 5.02 Å². The maximum Gasteiger partial charge on any atom is 0.253 e. The summed E-state index contributed by atoms with van der Waals surface area (Å²) in [6, 6.07) is 6.80. The van der Waals surface area contributed by atoms with Crippen molar-refractivity contribution in [3.8, 4) is 0 Å². The third-order valence-electron chi connectivity index (χ3n) is 5.27. The van der Waals surface area contributed by atoms with Crippen LogP contribution in [0.15, 0.2) is 24.3 Å². The first-order chi connectivity index (χ1) is 13.0. The van der Waals surface area contributed by atoms with E-state index in [2.05, 4.69) is 5.32 Å². The normalized spacial score (nSPS) is 19.8. The highest BCUT2D eigenvalue weighted by atomic mass is 35.5. The summed E-state index contributed by atoms with van der Waals surface area (Å²) in [4.78, 5) is 40.7. The fraction of sp³-hybridized carbons (Fsp3) is 0.550. The zero-order chi connectivity index (χ0) is 19.2. The molecule has 1 unspecified atom stereocenters. The van der Waals surface area contributed by atoms with Crippen LogP contribution in [-0.2, 0) is 9.59 Å². The van der Waals surface area contributed by atoms with E-state index in [0.717, 1.165) is 38.8 Å². The molecule has 1 aromatic rings. The Morgan fingerprint density at radius 2 is 1.67 bits per heavy atom. The van der Waals surface area contributed by atoms with Gasteiger partial charge in [0.05, 0.1) is 5.92 Å². The highest BCUT2D eigenvalue weighted by Gasteiger charge is 2.29. The molecule has 0 aliphatic carbocycles. The molecule has 0 aromatic heterocycles. The monoisotopic (exact) mass is 391 g/mol. The molecule has 6 nitrogen and oxygen atoms in total. The molecule has 2 aliphatic rings. The van der Waals surface area contributed by atoms with Gasteiger partial charge in [-0.05, 0) is 49.9 Å².